The molecule has 0 radical (unpaired) electrons. The van der Waals surface area contributed by atoms with Crippen LogP contribution in [-0.2, 0) is 32.1 Å². The van der Waals surface area contributed by atoms with Gasteiger partial charge in [-0.05, 0) is 29.8 Å². The Morgan fingerprint density at radius 2 is 1.73 bits per heavy atom. The number of benzene rings is 3. The predicted octanol–water partition coefficient (Wildman–Crippen LogP) is 5.20. The average molecular weight is 589 g/mol. The number of esters is 1. The molecule has 0 aliphatic rings. The summed E-state index contributed by atoms with van der Waals surface area (Å²) in [6.07, 6.45) is -6.05. The quantitative estimate of drug-likeness (QED) is 0.128. The molecule has 216 valence electrons. The molecule has 1 unspecified atom stereocenters. The zero-order valence-corrected chi connectivity index (χ0v) is 23.0. The van der Waals surface area contributed by atoms with Crippen molar-refractivity contribution in [2.24, 2.45) is 5.16 Å². The maximum atomic E-state index is 12.8. The van der Waals surface area contributed by atoms with Gasteiger partial charge in [-0.15, -0.1) is 0 Å². The van der Waals surface area contributed by atoms with Gasteiger partial charge in [0.15, 0.2) is 6.10 Å². The van der Waals surface area contributed by atoms with Crippen molar-refractivity contribution in [2.45, 2.75) is 25.2 Å². The summed E-state index contributed by atoms with van der Waals surface area (Å²) in [4.78, 5) is 29.5. The number of thiazole rings is 1. The summed E-state index contributed by atoms with van der Waals surface area (Å²) in [7, 11) is 2.57. The molecule has 0 bridgehead atoms. The first-order valence-corrected chi connectivity index (χ1v) is 13.3. The number of methoxy groups -OCH3 is 1. The van der Waals surface area contributed by atoms with Crippen molar-refractivity contribution in [3.05, 3.63) is 99.2 Å². The van der Waals surface area contributed by atoms with Gasteiger partial charge >= 0.3 is 17.0 Å². The zero-order chi connectivity index (χ0) is 29.4. The third-order valence-corrected chi connectivity index (χ3v) is 6.95. The van der Waals surface area contributed by atoms with Gasteiger partial charge in [0.1, 0.15) is 31.8 Å². The maximum Gasteiger partial charge on any atom is 0.411 e. The highest BCUT2D eigenvalue weighted by Gasteiger charge is 2.32. The standard InChI is InChI=1S/C29H27F3N2O6S/c1-37-27(35)24(40-18-29(30,31)32)16-19-8-11-22(12-9-19)39-15-14-34-23-13-10-21(17-25(23)41-28(34)36)26(33-38-2)20-6-4-3-5-7-20/h3-13,17,24H,14-16,18H2,1-2H3. The Labute approximate surface area is 237 Å². The van der Waals surface area contributed by atoms with Crippen LogP contribution in [0.4, 0.5) is 13.2 Å². The molecule has 12 heteroatoms. The molecule has 0 fully saturated rings. The van der Waals surface area contributed by atoms with Gasteiger partial charge in [0.25, 0.3) is 0 Å². The molecule has 0 aliphatic carbocycles. The zero-order valence-electron chi connectivity index (χ0n) is 22.2. The van der Waals surface area contributed by atoms with Crippen molar-refractivity contribution < 1.29 is 37.0 Å². The number of alkyl halides is 3. The molecule has 4 aromatic rings. The highest BCUT2D eigenvalue weighted by Crippen LogP contribution is 2.23. The van der Waals surface area contributed by atoms with Crippen LogP contribution < -0.4 is 9.61 Å². The number of rotatable bonds is 12. The van der Waals surface area contributed by atoms with E-state index in [4.69, 9.17) is 14.3 Å². The number of halogens is 3. The Balaban J connectivity index is 1.40. The van der Waals surface area contributed by atoms with E-state index in [-0.39, 0.29) is 17.9 Å². The first-order valence-electron chi connectivity index (χ1n) is 12.5. The number of ether oxygens (including phenoxy) is 3. The maximum absolute atomic E-state index is 12.8. The highest BCUT2D eigenvalue weighted by molar-refractivity contribution is 7.16. The van der Waals surface area contributed by atoms with Crippen LogP contribution in [0, 0.1) is 0 Å². The topological polar surface area (TPSA) is 88.4 Å². The lowest BCUT2D eigenvalue weighted by molar-refractivity contribution is -0.193. The predicted molar refractivity (Wildman–Crippen MR) is 149 cm³/mol. The Morgan fingerprint density at radius 1 is 1.00 bits per heavy atom. The molecule has 0 N–H and O–H groups in total. The van der Waals surface area contributed by atoms with Crippen molar-refractivity contribution in [3.63, 3.8) is 0 Å². The molecule has 0 amide bonds. The third-order valence-electron chi connectivity index (χ3n) is 6.01. The molecule has 0 saturated carbocycles. The molecule has 8 nitrogen and oxygen atoms in total. The van der Waals surface area contributed by atoms with E-state index in [0.717, 1.165) is 39.8 Å². The molecular weight excluding hydrogens is 561 g/mol. The van der Waals surface area contributed by atoms with Crippen LogP contribution in [-0.4, -0.2) is 56.0 Å². The lowest BCUT2D eigenvalue weighted by Crippen LogP contribution is -2.32. The van der Waals surface area contributed by atoms with Gasteiger partial charge in [-0.25, -0.2) is 4.79 Å². The number of carbonyl (C=O) groups is 1. The van der Waals surface area contributed by atoms with E-state index in [9.17, 15) is 22.8 Å². The van der Waals surface area contributed by atoms with Crippen LogP contribution in [0.25, 0.3) is 10.2 Å². The van der Waals surface area contributed by atoms with Crippen molar-refractivity contribution in [2.75, 3.05) is 27.4 Å². The summed E-state index contributed by atoms with van der Waals surface area (Å²) >= 11 is 1.12. The van der Waals surface area contributed by atoms with E-state index < -0.39 is 24.9 Å². The lowest BCUT2D eigenvalue weighted by Gasteiger charge is -2.17. The Bertz CT molecular complexity index is 1550. The van der Waals surface area contributed by atoms with E-state index >= 15 is 0 Å². The Morgan fingerprint density at radius 3 is 2.39 bits per heavy atom. The SMILES string of the molecule is CON=C(c1ccccc1)c1ccc2c(c1)sc(=O)n2CCOc1ccc(CC(OCC(F)(F)F)C(=O)OC)cc1. The second-order valence-electron chi connectivity index (χ2n) is 8.83. The van der Waals surface area contributed by atoms with Gasteiger partial charge in [0, 0.05) is 17.5 Å². The summed E-state index contributed by atoms with van der Waals surface area (Å²) in [6.45, 7) is -1.05. The van der Waals surface area contributed by atoms with Gasteiger partial charge in [-0.2, -0.15) is 13.2 Å². The fourth-order valence-electron chi connectivity index (χ4n) is 4.11. The summed E-state index contributed by atoms with van der Waals surface area (Å²) in [5.41, 5.74) is 3.68. The number of hydrogen-bond acceptors (Lipinski definition) is 8. The number of hydrogen-bond donors (Lipinski definition) is 0. The first-order chi connectivity index (χ1) is 19.7. The second kappa shape index (κ2) is 13.5. The van der Waals surface area contributed by atoms with Crippen LogP contribution in [0.15, 0.2) is 82.7 Å². The minimum atomic E-state index is -4.56. The van der Waals surface area contributed by atoms with E-state index in [1.807, 2.05) is 48.5 Å². The molecule has 1 aromatic heterocycles. The number of carbonyl (C=O) groups excluding carboxylic acids is 1. The van der Waals surface area contributed by atoms with E-state index in [1.165, 1.54) is 7.11 Å². The van der Waals surface area contributed by atoms with Gasteiger partial charge in [-0.3, -0.25) is 9.36 Å². The molecule has 41 heavy (non-hydrogen) atoms. The van der Waals surface area contributed by atoms with Gasteiger partial charge in [0.2, 0.25) is 0 Å². The number of oxime groups is 1. The fourth-order valence-corrected chi connectivity index (χ4v) is 5.07. The van der Waals surface area contributed by atoms with Crippen molar-refractivity contribution >= 4 is 33.2 Å². The largest absolute Gasteiger partial charge is 0.492 e. The molecule has 3 aromatic carbocycles. The molecule has 1 atom stereocenters. The summed E-state index contributed by atoms with van der Waals surface area (Å²) in [5.74, 6) is -0.393. The van der Waals surface area contributed by atoms with Crippen LogP contribution >= 0.6 is 11.3 Å². The molecule has 4 rings (SSSR count). The minimum Gasteiger partial charge on any atom is -0.492 e. The van der Waals surface area contributed by atoms with Gasteiger partial charge in [0.05, 0.1) is 23.9 Å². The second-order valence-corrected chi connectivity index (χ2v) is 9.82. The smallest absolute Gasteiger partial charge is 0.411 e. The van der Waals surface area contributed by atoms with E-state index in [2.05, 4.69) is 9.89 Å². The Hall–Kier alpha value is -4.16. The third kappa shape index (κ3) is 7.95. The van der Waals surface area contributed by atoms with Crippen LogP contribution in [0.5, 0.6) is 5.75 Å². The van der Waals surface area contributed by atoms with Crippen LogP contribution in [0.3, 0.4) is 0 Å². The van der Waals surface area contributed by atoms with Gasteiger partial charge in [-0.1, -0.05) is 65.0 Å². The van der Waals surface area contributed by atoms with E-state index in [1.54, 1.807) is 28.8 Å². The summed E-state index contributed by atoms with van der Waals surface area (Å²) < 4.78 is 55.1. The van der Waals surface area contributed by atoms with Crippen molar-refractivity contribution in [1.29, 1.82) is 0 Å². The molecule has 0 aliphatic heterocycles. The van der Waals surface area contributed by atoms with E-state index in [0.29, 0.717) is 23.6 Å². The highest BCUT2D eigenvalue weighted by atomic mass is 32.1. The lowest BCUT2D eigenvalue weighted by atomic mass is 10.0. The fraction of sp³-hybridized carbons (Fsp3) is 0.276. The molecule has 0 saturated heterocycles. The Kier molecular flexibility index (Phi) is 9.79. The summed E-state index contributed by atoms with van der Waals surface area (Å²) in [5, 5.41) is 4.18. The van der Waals surface area contributed by atoms with Crippen LogP contribution in [0.2, 0.25) is 0 Å². The average Bonchev–Trinajstić information content (AvgIpc) is 3.28. The molecular formula is C29H27F3N2O6S. The van der Waals surface area contributed by atoms with Crippen molar-refractivity contribution in [3.8, 4) is 5.75 Å². The molecule has 1 heterocycles. The molecule has 0 spiro atoms. The normalized spacial score (nSPS) is 12.8. The van der Waals surface area contributed by atoms with Crippen molar-refractivity contribution in [1.82, 2.24) is 4.57 Å². The number of fused-ring (bicyclic) bond motifs is 1. The number of nitrogens with zero attached hydrogens (tertiary/aromatic N) is 2. The first kappa shape index (κ1) is 29.8. The monoisotopic (exact) mass is 588 g/mol. The summed E-state index contributed by atoms with van der Waals surface area (Å²) in [6, 6.07) is 21.8. The van der Waals surface area contributed by atoms with Crippen LogP contribution in [0.1, 0.15) is 16.7 Å². The minimum absolute atomic E-state index is 0.0949. The number of aromatic nitrogens is 1. The van der Waals surface area contributed by atoms with Gasteiger partial charge < -0.3 is 19.0 Å².